The highest BCUT2D eigenvalue weighted by Gasteiger charge is 2.43. The van der Waals surface area contributed by atoms with Gasteiger partial charge in [-0.25, -0.2) is 10.8 Å². The summed E-state index contributed by atoms with van der Waals surface area (Å²) in [5.74, 6) is 5.76. The van der Waals surface area contributed by atoms with Crippen LogP contribution >= 0.6 is 0 Å². The van der Waals surface area contributed by atoms with Crippen LogP contribution in [-0.4, -0.2) is 39.1 Å². The van der Waals surface area contributed by atoms with Gasteiger partial charge in [0.15, 0.2) is 5.82 Å². The number of piperidine rings is 1. The summed E-state index contributed by atoms with van der Waals surface area (Å²) in [6.07, 6.45) is 4.61. The van der Waals surface area contributed by atoms with Crippen molar-refractivity contribution in [2.75, 3.05) is 5.43 Å². The van der Waals surface area contributed by atoms with Gasteiger partial charge in [-0.05, 0) is 37.8 Å². The number of hydrogen-bond acceptors (Lipinski definition) is 5. The van der Waals surface area contributed by atoms with Crippen LogP contribution in [0.5, 0.6) is 0 Å². The van der Waals surface area contributed by atoms with Gasteiger partial charge in [-0.15, -0.1) is 0 Å². The monoisotopic (exact) mass is 262 g/mol. The van der Waals surface area contributed by atoms with E-state index in [0.29, 0.717) is 24.2 Å². The molecule has 1 amide bonds. The summed E-state index contributed by atoms with van der Waals surface area (Å²) in [6, 6.07) is 3.75. The number of carbonyl (C=O) groups is 1. The Labute approximate surface area is 111 Å². The van der Waals surface area contributed by atoms with Crippen molar-refractivity contribution in [3.63, 3.8) is 0 Å². The molecule has 2 unspecified atom stereocenters. The van der Waals surface area contributed by atoms with Crippen molar-refractivity contribution in [3.05, 3.63) is 23.9 Å². The third kappa shape index (κ3) is 2.06. The Morgan fingerprint density at radius 2 is 2.11 bits per heavy atom. The zero-order valence-electron chi connectivity index (χ0n) is 10.6. The number of anilines is 1. The largest absolute Gasteiger partial charge is 0.393 e. The van der Waals surface area contributed by atoms with Crippen LogP contribution in [0.2, 0.25) is 0 Å². The molecule has 0 spiro atoms. The lowest BCUT2D eigenvalue weighted by Gasteiger charge is -2.37. The molecule has 3 heterocycles. The molecule has 2 saturated heterocycles. The number of rotatable bonds is 2. The van der Waals surface area contributed by atoms with E-state index in [1.54, 1.807) is 18.3 Å². The van der Waals surface area contributed by atoms with Crippen LogP contribution in [0.4, 0.5) is 5.82 Å². The number of aliphatic hydroxyl groups is 1. The number of hydrazine groups is 1. The Morgan fingerprint density at radius 1 is 1.42 bits per heavy atom. The molecule has 0 saturated carbocycles. The predicted molar refractivity (Wildman–Crippen MR) is 70.3 cm³/mol. The molecule has 6 heteroatoms. The minimum atomic E-state index is -0.275. The summed E-state index contributed by atoms with van der Waals surface area (Å²) in [5, 5.41) is 9.78. The zero-order valence-corrected chi connectivity index (χ0v) is 10.6. The first-order valence-corrected chi connectivity index (χ1v) is 6.63. The molecule has 1 aromatic heterocycles. The summed E-state index contributed by atoms with van der Waals surface area (Å²) >= 11 is 0. The molecule has 2 atom stereocenters. The summed E-state index contributed by atoms with van der Waals surface area (Å²) < 4.78 is 0. The fourth-order valence-corrected chi connectivity index (χ4v) is 3.31. The van der Waals surface area contributed by atoms with Gasteiger partial charge in [0.2, 0.25) is 0 Å². The van der Waals surface area contributed by atoms with Gasteiger partial charge in [-0.1, -0.05) is 0 Å². The van der Waals surface area contributed by atoms with E-state index in [1.165, 1.54) is 0 Å². The number of aromatic nitrogens is 1. The number of aliphatic hydroxyl groups excluding tert-OH is 1. The van der Waals surface area contributed by atoms with Crippen molar-refractivity contribution in [2.24, 2.45) is 5.84 Å². The van der Waals surface area contributed by atoms with Gasteiger partial charge in [0.1, 0.15) is 0 Å². The number of hydrogen-bond donors (Lipinski definition) is 3. The quantitative estimate of drug-likeness (QED) is 0.533. The maximum atomic E-state index is 12.7. The molecular formula is C13H18N4O2. The number of nitrogens with two attached hydrogens (primary N) is 1. The lowest BCUT2D eigenvalue weighted by molar-refractivity contribution is 0.0287. The van der Waals surface area contributed by atoms with E-state index >= 15 is 0 Å². The van der Waals surface area contributed by atoms with Crippen LogP contribution in [0.25, 0.3) is 0 Å². The summed E-state index contributed by atoms with van der Waals surface area (Å²) in [5.41, 5.74) is 2.96. The van der Waals surface area contributed by atoms with Crippen LogP contribution < -0.4 is 11.3 Å². The Balaban J connectivity index is 1.89. The minimum Gasteiger partial charge on any atom is -0.393 e. The summed E-state index contributed by atoms with van der Waals surface area (Å²) in [6.45, 7) is 0. The second-order valence-corrected chi connectivity index (χ2v) is 5.27. The van der Waals surface area contributed by atoms with Crippen molar-refractivity contribution in [1.82, 2.24) is 9.88 Å². The smallest absolute Gasteiger partial charge is 0.258 e. The molecule has 3 rings (SSSR count). The van der Waals surface area contributed by atoms with E-state index in [1.807, 2.05) is 4.90 Å². The fourth-order valence-electron chi connectivity index (χ4n) is 3.31. The minimum absolute atomic E-state index is 0.0412. The van der Waals surface area contributed by atoms with Gasteiger partial charge < -0.3 is 15.4 Å². The fraction of sp³-hybridized carbons (Fsp3) is 0.538. The normalized spacial score (nSPS) is 29.4. The molecule has 4 N–H and O–H groups in total. The van der Waals surface area contributed by atoms with Crippen LogP contribution in [0, 0.1) is 0 Å². The lowest BCUT2D eigenvalue weighted by atomic mass is 9.99. The van der Waals surface area contributed by atoms with Crippen molar-refractivity contribution in [1.29, 1.82) is 0 Å². The Bertz CT molecular complexity index is 479. The first-order valence-electron chi connectivity index (χ1n) is 6.63. The van der Waals surface area contributed by atoms with E-state index in [2.05, 4.69) is 10.4 Å². The lowest BCUT2D eigenvalue weighted by Crippen LogP contribution is -2.48. The van der Waals surface area contributed by atoms with Crippen molar-refractivity contribution in [2.45, 2.75) is 43.9 Å². The molecule has 102 valence electrons. The molecule has 0 aromatic carbocycles. The van der Waals surface area contributed by atoms with Crippen LogP contribution in [-0.2, 0) is 0 Å². The second-order valence-electron chi connectivity index (χ2n) is 5.27. The Hall–Kier alpha value is -1.66. The summed E-state index contributed by atoms with van der Waals surface area (Å²) in [4.78, 5) is 18.6. The van der Waals surface area contributed by atoms with Crippen molar-refractivity contribution < 1.29 is 9.90 Å². The van der Waals surface area contributed by atoms with E-state index < -0.39 is 0 Å². The van der Waals surface area contributed by atoms with E-state index in [4.69, 9.17) is 5.84 Å². The van der Waals surface area contributed by atoms with Gasteiger partial charge in [0.25, 0.3) is 5.91 Å². The first-order chi connectivity index (χ1) is 9.20. The van der Waals surface area contributed by atoms with E-state index in [9.17, 15) is 9.90 Å². The first kappa shape index (κ1) is 12.4. The molecule has 2 aliphatic heterocycles. The van der Waals surface area contributed by atoms with Gasteiger partial charge in [0.05, 0.1) is 11.7 Å². The van der Waals surface area contributed by atoms with Gasteiger partial charge in [0, 0.05) is 18.3 Å². The number of amides is 1. The SMILES string of the molecule is NNc1ncccc1C(=O)N1C2CCC1CC(O)C2. The average molecular weight is 262 g/mol. The van der Waals surface area contributed by atoms with Gasteiger partial charge >= 0.3 is 0 Å². The highest BCUT2D eigenvalue weighted by atomic mass is 16.3. The highest BCUT2D eigenvalue weighted by molar-refractivity contribution is 5.99. The number of carbonyl (C=O) groups excluding carboxylic acids is 1. The molecule has 6 nitrogen and oxygen atoms in total. The van der Waals surface area contributed by atoms with Gasteiger partial charge in [-0.2, -0.15) is 0 Å². The molecule has 0 aliphatic carbocycles. The van der Waals surface area contributed by atoms with E-state index in [0.717, 1.165) is 12.8 Å². The predicted octanol–water partition coefficient (Wildman–Crippen LogP) is 0.495. The molecule has 2 bridgehead atoms. The molecule has 2 aliphatic rings. The van der Waals surface area contributed by atoms with Crippen LogP contribution in [0.3, 0.4) is 0 Å². The molecule has 1 aromatic rings. The molecule has 2 fully saturated rings. The number of nitrogens with zero attached hydrogens (tertiary/aromatic N) is 2. The Morgan fingerprint density at radius 3 is 2.74 bits per heavy atom. The van der Waals surface area contributed by atoms with Gasteiger partial charge in [-0.3, -0.25) is 4.79 Å². The summed E-state index contributed by atoms with van der Waals surface area (Å²) in [7, 11) is 0. The topological polar surface area (TPSA) is 91.5 Å². The Kier molecular flexibility index (Phi) is 3.12. The average Bonchev–Trinajstić information content (AvgIpc) is 2.70. The number of pyridine rings is 1. The molecular weight excluding hydrogens is 244 g/mol. The van der Waals surface area contributed by atoms with Crippen molar-refractivity contribution >= 4 is 11.7 Å². The second kappa shape index (κ2) is 4.79. The number of nitrogen functional groups attached to an aromatic ring is 1. The van der Waals surface area contributed by atoms with Crippen LogP contribution in [0.1, 0.15) is 36.0 Å². The third-order valence-electron chi connectivity index (χ3n) is 4.12. The zero-order chi connectivity index (χ0) is 13.4. The molecule has 0 radical (unpaired) electrons. The van der Waals surface area contributed by atoms with Crippen LogP contribution in [0.15, 0.2) is 18.3 Å². The standard InChI is InChI=1S/C13H18N4O2/c14-16-12-11(2-1-5-15-12)13(19)17-8-3-4-9(17)7-10(18)6-8/h1-2,5,8-10,18H,3-4,6-7,14H2,(H,15,16). The number of fused-ring (bicyclic) bond motifs is 2. The van der Waals surface area contributed by atoms with Crippen molar-refractivity contribution in [3.8, 4) is 0 Å². The van der Waals surface area contributed by atoms with E-state index in [-0.39, 0.29) is 24.1 Å². The molecule has 19 heavy (non-hydrogen) atoms. The maximum absolute atomic E-state index is 12.7. The highest BCUT2D eigenvalue weighted by Crippen LogP contribution is 2.37. The third-order valence-corrected chi connectivity index (χ3v) is 4.12. The number of nitrogens with one attached hydrogen (secondary N) is 1. The maximum Gasteiger partial charge on any atom is 0.258 e.